The highest BCUT2D eigenvalue weighted by molar-refractivity contribution is 5.97. The van der Waals surface area contributed by atoms with Crippen molar-refractivity contribution in [2.45, 2.75) is 13.8 Å². The summed E-state index contributed by atoms with van der Waals surface area (Å²) >= 11 is 0. The van der Waals surface area contributed by atoms with Crippen molar-refractivity contribution in [3.05, 3.63) is 23.9 Å². The maximum Gasteiger partial charge on any atom is 0.221 e. The summed E-state index contributed by atoms with van der Waals surface area (Å²) < 4.78 is 5.44. The van der Waals surface area contributed by atoms with Crippen LogP contribution in [0.1, 0.15) is 19.4 Å². The molecule has 1 amide bonds. The third-order valence-corrected chi connectivity index (χ3v) is 2.67. The normalized spacial score (nSPS) is 10.1. The Hall–Kier alpha value is -2.81. The topological polar surface area (TPSA) is 95.2 Å². The maximum atomic E-state index is 11.2. The summed E-state index contributed by atoms with van der Waals surface area (Å²) in [6.45, 7) is 3.63. The van der Waals surface area contributed by atoms with Crippen LogP contribution in [-0.2, 0) is 4.79 Å². The largest absolute Gasteiger partial charge is 0.506 e. The fourth-order valence-corrected chi connectivity index (χ4v) is 1.85. The zero-order valence-electron chi connectivity index (χ0n) is 11.1. The number of nitriles is 1. The van der Waals surface area contributed by atoms with E-state index in [9.17, 15) is 9.90 Å². The molecule has 20 heavy (non-hydrogen) atoms. The summed E-state index contributed by atoms with van der Waals surface area (Å²) in [7, 11) is 0. The molecule has 102 valence electrons. The lowest BCUT2D eigenvalue weighted by molar-refractivity contribution is -0.114. The van der Waals surface area contributed by atoms with E-state index in [0.717, 1.165) is 0 Å². The van der Waals surface area contributed by atoms with Crippen molar-refractivity contribution in [3.8, 4) is 17.6 Å². The number of hydrogen-bond donors (Lipinski definition) is 2. The molecule has 2 N–H and O–H groups in total. The van der Waals surface area contributed by atoms with E-state index < -0.39 is 0 Å². The van der Waals surface area contributed by atoms with E-state index in [1.54, 1.807) is 12.1 Å². The second-order valence-corrected chi connectivity index (χ2v) is 4.11. The van der Waals surface area contributed by atoms with E-state index in [0.29, 0.717) is 28.9 Å². The zero-order valence-corrected chi connectivity index (χ0v) is 11.1. The highest BCUT2D eigenvalue weighted by atomic mass is 16.5. The molecule has 2 rings (SSSR count). The van der Waals surface area contributed by atoms with Gasteiger partial charge in [-0.05, 0) is 13.0 Å². The number of pyridine rings is 1. The van der Waals surface area contributed by atoms with Gasteiger partial charge in [0.15, 0.2) is 0 Å². The summed E-state index contributed by atoms with van der Waals surface area (Å²) in [6, 6.07) is 5.02. The number of fused-ring (bicyclic) bond motifs is 1. The summed E-state index contributed by atoms with van der Waals surface area (Å²) in [4.78, 5) is 15.3. The van der Waals surface area contributed by atoms with Crippen molar-refractivity contribution >= 4 is 22.5 Å². The van der Waals surface area contributed by atoms with Gasteiger partial charge in [0.05, 0.1) is 17.8 Å². The fraction of sp³-hybridized carbons (Fsp3) is 0.214. The summed E-state index contributed by atoms with van der Waals surface area (Å²) in [5.74, 6) is 0.0492. The average Bonchev–Trinajstić information content (AvgIpc) is 2.40. The van der Waals surface area contributed by atoms with Crippen molar-refractivity contribution in [1.29, 1.82) is 5.26 Å². The summed E-state index contributed by atoms with van der Waals surface area (Å²) in [5, 5.41) is 21.9. The second-order valence-electron chi connectivity index (χ2n) is 4.11. The lowest BCUT2D eigenvalue weighted by atomic mass is 10.1. The number of amides is 1. The Morgan fingerprint density at radius 3 is 2.90 bits per heavy atom. The smallest absolute Gasteiger partial charge is 0.221 e. The van der Waals surface area contributed by atoms with E-state index in [2.05, 4.69) is 10.3 Å². The first kappa shape index (κ1) is 13.6. The molecule has 0 fully saturated rings. The van der Waals surface area contributed by atoms with Crippen LogP contribution < -0.4 is 10.1 Å². The van der Waals surface area contributed by atoms with Crippen LogP contribution in [0.25, 0.3) is 10.9 Å². The SMILES string of the molecule is CCOc1cc2ncc(C#N)c(O)c2cc1NC(C)=O. The van der Waals surface area contributed by atoms with Gasteiger partial charge in [0.25, 0.3) is 0 Å². The van der Waals surface area contributed by atoms with Crippen LogP contribution >= 0.6 is 0 Å². The maximum absolute atomic E-state index is 11.2. The second kappa shape index (κ2) is 5.45. The van der Waals surface area contributed by atoms with Gasteiger partial charge in [0.1, 0.15) is 23.1 Å². The van der Waals surface area contributed by atoms with Gasteiger partial charge >= 0.3 is 0 Å². The summed E-state index contributed by atoms with van der Waals surface area (Å²) in [5.41, 5.74) is 0.994. The minimum absolute atomic E-state index is 0.0791. The van der Waals surface area contributed by atoms with Crippen LogP contribution in [0.5, 0.6) is 11.5 Å². The molecule has 0 aliphatic rings. The predicted octanol–water partition coefficient (Wildman–Crippen LogP) is 2.17. The Kier molecular flexibility index (Phi) is 3.71. The number of aromatic nitrogens is 1. The van der Waals surface area contributed by atoms with Crippen LogP contribution in [0.2, 0.25) is 0 Å². The zero-order chi connectivity index (χ0) is 14.7. The molecule has 1 heterocycles. The number of aromatic hydroxyl groups is 1. The van der Waals surface area contributed by atoms with Crippen molar-refractivity contribution in [2.75, 3.05) is 11.9 Å². The van der Waals surface area contributed by atoms with Crippen LogP contribution in [0.3, 0.4) is 0 Å². The number of nitrogens with one attached hydrogen (secondary N) is 1. The minimum atomic E-state index is -0.255. The van der Waals surface area contributed by atoms with Gasteiger partial charge in [-0.1, -0.05) is 0 Å². The molecule has 0 aliphatic heterocycles. The molecule has 0 saturated carbocycles. The molecule has 0 aliphatic carbocycles. The molecule has 0 bridgehead atoms. The molecule has 6 nitrogen and oxygen atoms in total. The summed E-state index contributed by atoms with van der Waals surface area (Å²) in [6.07, 6.45) is 1.30. The van der Waals surface area contributed by atoms with E-state index in [4.69, 9.17) is 10.00 Å². The van der Waals surface area contributed by atoms with Gasteiger partial charge in [-0.3, -0.25) is 9.78 Å². The standard InChI is InChI=1S/C14H13N3O3/c1-3-20-13-5-11-10(4-12(13)17-8(2)18)14(19)9(6-15)7-16-11/h4-5,7H,3H2,1-2H3,(H,16,19)(H,17,18). The van der Waals surface area contributed by atoms with E-state index >= 15 is 0 Å². The quantitative estimate of drug-likeness (QED) is 0.892. The molecule has 1 aromatic heterocycles. The van der Waals surface area contributed by atoms with Crippen molar-refractivity contribution in [3.63, 3.8) is 0 Å². The number of carbonyl (C=O) groups is 1. The predicted molar refractivity (Wildman–Crippen MR) is 73.6 cm³/mol. The van der Waals surface area contributed by atoms with E-state index in [-0.39, 0.29) is 17.2 Å². The number of hydrogen-bond acceptors (Lipinski definition) is 5. The Morgan fingerprint density at radius 1 is 1.55 bits per heavy atom. The molecule has 6 heteroatoms. The first-order valence-electron chi connectivity index (χ1n) is 6.03. The highest BCUT2D eigenvalue weighted by Gasteiger charge is 2.13. The third kappa shape index (κ3) is 2.47. The number of rotatable bonds is 3. The van der Waals surface area contributed by atoms with Gasteiger partial charge in [-0.2, -0.15) is 5.26 Å². The fourth-order valence-electron chi connectivity index (χ4n) is 1.85. The first-order valence-corrected chi connectivity index (χ1v) is 6.03. The first-order chi connectivity index (χ1) is 9.56. The van der Waals surface area contributed by atoms with Crippen molar-refractivity contribution < 1.29 is 14.6 Å². The van der Waals surface area contributed by atoms with Crippen LogP contribution in [-0.4, -0.2) is 22.6 Å². The lowest BCUT2D eigenvalue weighted by Gasteiger charge is -2.12. The van der Waals surface area contributed by atoms with Gasteiger partial charge < -0.3 is 15.2 Å². The van der Waals surface area contributed by atoms with Crippen LogP contribution in [0.4, 0.5) is 5.69 Å². The van der Waals surface area contributed by atoms with Gasteiger partial charge in [0.2, 0.25) is 5.91 Å². The number of carbonyl (C=O) groups excluding carboxylic acids is 1. The average molecular weight is 271 g/mol. The van der Waals surface area contributed by atoms with Crippen molar-refractivity contribution in [2.24, 2.45) is 0 Å². The lowest BCUT2D eigenvalue weighted by Crippen LogP contribution is -2.08. The number of ether oxygens (including phenoxy) is 1. The molecule has 0 radical (unpaired) electrons. The van der Waals surface area contributed by atoms with Crippen molar-refractivity contribution in [1.82, 2.24) is 4.98 Å². The molecule has 2 aromatic rings. The molecule has 0 saturated heterocycles. The Bertz CT molecular complexity index is 720. The molecule has 0 unspecified atom stereocenters. The molecule has 1 aromatic carbocycles. The van der Waals surface area contributed by atoms with E-state index in [1.165, 1.54) is 13.1 Å². The van der Waals surface area contributed by atoms with E-state index in [1.807, 2.05) is 13.0 Å². The monoisotopic (exact) mass is 271 g/mol. The van der Waals surface area contributed by atoms with Gasteiger partial charge in [-0.25, -0.2) is 0 Å². The highest BCUT2D eigenvalue weighted by Crippen LogP contribution is 2.35. The molecule has 0 atom stereocenters. The number of nitrogens with zero attached hydrogens (tertiary/aromatic N) is 2. The Labute approximate surface area is 115 Å². The third-order valence-electron chi connectivity index (χ3n) is 2.67. The Morgan fingerprint density at radius 2 is 2.30 bits per heavy atom. The van der Waals surface area contributed by atoms with Gasteiger partial charge in [0, 0.05) is 24.6 Å². The Balaban J connectivity index is 2.68. The minimum Gasteiger partial charge on any atom is -0.506 e. The molecular weight excluding hydrogens is 258 g/mol. The van der Waals surface area contributed by atoms with Crippen LogP contribution in [0, 0.1) is 11.3 Å². The molecule has 0 spiro atoms. The molecular formula is C14H13N3O3. The van der Waals surface area contributed by atoms with Crippen LogP contribution in [0.15, 0.2) is 18.3 Å². The van der Waals surface area contributed by atoms with Gasteiger partial charge in [-0.15, -0.1) is 0 Å². The number of benzene rings is 1. The number of anilines is 1.